The lowest BCUT2D eigenvalue weighted by Gasteiger charge is -2.33. The van der Waals surface area contributed by atoms with Gasteiger partial charge in [0.15, 0.2) is 5.78 Å². The van der Waals surface area contributed by atoms with E-state index in [9.17, 15) is 14.7 Å². The number of hydrogen-bond acceptors (Lipinski definition) is 3. The molecule has 144 valence electrons. The minimum absolute atomic E-state index is 0.0840. The van der Waals surface area contributed by atoms with Gasteiger partial charge >= 0.3 is 5.97 Å². The summed E-state index contributed by atoms with van der Waals surface area (Å²) in [7, 11) is 0. The summed E-state index contributed by atoms with van der Waals surface area (Å²) in [5, 5.41) is 19.9. The largest absolute Gasteiger partial charge is 0.481 e. The van der Waals surface area contributed by atoms with E-state index in [0.29, 0.717) is 12.8 Å². The molecule has 4 atom stereocenters. The van der Waals surface area contributed by atoms with Crippen LogP contribution in [0.3, 0.4) is 0 Å². The average Bonchev–Trinajstić information content (AvgIpc) is 2.92. The fourth-order valence-electron chi connectivity index (χ4n) is 3.93. The maximum absolute atomic E-state index is 12.2. The molecule has 0 fully saturated rings. The van der Waals surface area contributed by atoms with Gasteiger partial charge in [0.2, 0.25) is 0 Å². The second-order valence-electron chi connectivity index (χ2n) is 7.79. The zero-order valence-corrected chi connectivity index (χ0v) is 16.2. The fourth-order valence-corrected chi connectivity index (χ4v) is 3.93. The minimum atomic E-state index is -0.820. The number of aliphatic carboxylic acids is 1. The van der Waals surface area contributed by atoms with Gasteiger partial charge in [0.25, 0.3) is 0 Å². The van der Waals surface area contributed by atoms with Gasteiger partial charge in [-0.1, -0.05) is 58.4 Å². The SMILES string of the molecule is CCCCCC(C)(O)C1C=CC(=O)C1CCCCCC(CC)C(=O)O. The van der Waals surface area contributed by atoms with E-state index in [1.54, 1.807) is 6.08 Å². The van der Waals surface area contributed by atoms with Crippen LogP contribution in [0.4, 0.5) is 0 Å². The fraction of sp³-hybridized carbons (Fsp3) is 0.810. The number of rotatable bonds is 13. The van der Waals surface area contributed by atoms with Crippen LogP contribution in [0, 0.1) is 17.8 Å². The van der Waals surface area contributed by atoms with Crippen LogP contribution in [0.2, 0.25) is 0 Å². The third-order valence-corrected chi connectivity index (χ3v) is 5.68. The van der Waals surface area contributed by atoms with Crippen LogP contribution < -0.4 is 0 Å². The molecule has 2 N–H and O–H groups in total. The van der Waals surface area contributed by atoms with Crippen LogP contribution in [0.25, 0.3) is 0 Å². The molecule has 1 rings (SSSR count). The molecule has 0 radical (unpaired) electrons. The van der Waals surface area contributed by atoms with Gasteiger partial charge in [0, 0.05) is 11.8 Å². The summed E-state index contributed by atoms with van der Waals surface area (Å²) in [4.78, 5) is 23.2. The summed E-state index contributed by atoms with van der Waals surface area (Å²) in [6.07, 6.45) is 12.4. The smallest absolute Gasteiger partial charge is 0.306 e. The number of carboxylic acid groups (broad SMARTS) is 1. The molecule has 0 saturated heterocycles. The Morgan fingerprint density at radius 3 is 2.52 bits per heavy atom. The van der Waals surface area contributed by atoms with Gasteiger partial charge in [-0.25, -0.2) is 0 Å². The van der Waals surface area contributed by atoms with Gasteiger partial charge in [-0.05, 0) is 38.7 Å². The molecule has 0 bridgehead atoms. The lowest BCUT2D eigenvalue weighted by molar-refractivity contribution is -0.142. The van der Waals surface area contributed by atoms with Crippen molar-refractivity contribution in [3.05, 3.63) is 12.2 Å². The number of unbranched alkanes of at least 4 members (excludes halogenated alkanes) is 4. The Morgan fingerprint density at radius 1 is 1.20 bits per heavy atom. The highest BCUT2D eigenvalue weighted by Crippen LogP contribution is 2.38. The number of carbonyl (C=O) groups excluding carboxylic acids is 1. The van der Waals surface area contributed by atoms with Crippen LogP contribution >= 0.6 is 0 Å². The normalized spacial score (nSPS) is 23.6. The van der Waals surface area contributed by atoms with Crippen LogP contribution in [-0.2, 0) is 9.59 Å². The van der Waals surface area contributed by atoms with E-state index in [2.05, 4.69) is 6.92 Å². The quantitative estimate of drug-likeness (QED) is 0.469. The van der Waals surface area contributed by atoms with Crippen molar-refractivity contribution in [2.24, 2.45) is 17.8 Å². The molecule has 1 aliphatic rings. The maximum Gasteiger partial charge on any atom is 0.306 e. The molecule has 25 heavy (non-hydrogen) atoms. The zero-order valence-electron chi connectivity index (χ0n) is 16.2. The minimum Gasteiger partial charge on any atom is -0.481 e. The van der Waals surface area contributed by atoms with Crippen molar-refractivity contribution in [2.75, 3.05) is 0 Å². The highest BCUT2D eigenvalue weighted by molar-refractivity contribution is 5.94. The topological polar surface area (TPSA) is 74.6 Å². The molecular weight excluding hydrogens is 316 g/mol. The summed E-state index contributed by atoms with van der Waals surface area (Å²) >= 11 is 0. The number of ketones is 1. The molecule has 0 aliphatic heterocycles. The highest BCUT2D eigenvalue weighted by Gasteiger charge is 2.40. The average molecular weight is 353 g/mol. The molecule has 0 aromatic carbocycles. The number of hydrogen-bond donors (Lipinski definition) is 2. The molecule has 0 heterocycles. The van der Waals surface area contributed by atoms with Crippen molar-refractivity contribution in [3.8, 4) is 0 Å². The van der Waals surface area contributed by atoms with E-state index in [1.165, 1.54) is 0 Å². The highest BCUT2D eigenvalue weighted by atomic mass is 16.4. The van der Waals surface area contributed by atoms with Gasteiger partial charge in [-0.2, -0.15) is 0 Å². The van der Waals surface area contributed by atoms with Crippen molar-refractivity contribution in [2.45, 2.75) is 90.6 Å². The summed E-state index contributed by atoms with van der Waals surface area (Å²) in [5.41, 5.74) is -0.820. The van der Waals surface area contributed by atoms with Gasteiger partial charge in [0.05, 0.1) is 11.5 Å². The molecule has 0 spiro atoms. The van der Waals surface area contributed by atoms with E-state index in [4.69, 9.17) is 5.11 Å². The molecular formula is C21H36O4. The van der Waals surface area contributed by atoms with Crippen LogP contribution in [0.15, 0.2) is 12.2 Å². The standard InChI is InChI=1S/C21H36O4/c1-4-6-10-15-21(3,25)18-13-14-19(22)17(18)12-9-7-8-11-16(5-2)20(23)24/h13-14,16-18,25H,4-12,15H2,1-3H3,(H,23,24). The lowest BCUT2D eigenvalue weighted by atomic mass is 9.76. The van der Waals surface area contributed by atoms with Crippen LogP contribution in [0.1, 0.15) is 85.0 Å². The van der Waals surface area contributed by atoms with E-state index in [-0.39, 0.29) is 23.5 Å². The predicted octanol–water partition coefficient (Wildman–Crippen LogP) is 4.75. The van der Waals surface area contributed by atoms with Crippen molar-refractivity contribution in [1.82, 2.24) is 0 Å². The molecule has 4 nitrogen and oxygen atoms in total. The number of carbonyl (C=O) groups is 2. The maximum atomic E-state index is 12.2. The van der Waals surface area contributed by atoms with Crippen molar-refractivity contribution >= 4 is 11.8 Å². The Hall–Kier alpha value is -1.16. The van der Waals surface area contributed by atoms with E-state index in [1.807, 2.05) is 19.9 Å². The van der Waals surface area contributed by atoms with Crippen molar-refractivity contribution in [3.63, 3.8) is 0 Å². The summed E-state index contributed by atoms with van der Waals surface area (Å²) in [5.74, 6) is -1.02. The van der Waals surface area contributed by atoms with Crippen molar-refractivity contribution < 1.29 is 19.8 Å². The first-order valence-electron chi connectivity index (χ1n) is 10.0. The Labute approximate surface area is 152 Å². The lowest BCUT2D eigenvalue weighted by Crippen LogP contribution is -2.38. The number of allylic oxidation sites excluding steroid dienone is 1. The van der Waals surface area contributed by atoms with E-state index >= 15 is 0 Å². The molecule has 0 saturated carbocycles. The molecule has 0 aromatic heterocycles. The van der Waals surface area contributed by atoms with Gasteiger partial charge < -0.3 is 10.2 Å². The van der Waals surface area contributed by atoms with Gasteiger partial charge in [-0.3, -0.25) is 9.59 Å². The molecule has 4 unspecified atom stereocenters. The third kappa shape index (κ3) is 6.93. The molecule has 0 aromatic rings. The Bertz CT molecular complexity index is 453. The first-order valence-corrected chi connectivity index (χ1v) is 10.0. The first-order chi connectivity index (χ1) is 11.8. The Morgan fingerprint density at radius 2 is 1.92 bits per heavy atom. The molecule has 1 aliphatic carbocycles. The number of aliphatic hydroxyl groups is 1. The van der Waals surface area contributed by atoms with E-state index < -0.39 is 11.6 Å². The Kier molecular flexibility index (Phi) is 9.41. The van der Waals surface area contributed by atoms with Gasteiger partial charge in [0.1, 0.15) is 0 Å². The summed E-state index contributed by atoms with van der Waals surface area (Å²) in [6.45, 7) is 5.92. The van der Waals surface area contributed by atoms with E-state index in [0.717, 1.165) is 51.4 Å². The van der Waals surface area contributed by atoms with Gasteiger partial charge in [-0.15, -0.1) is 0 Å². The second-order valence-corrected chi connectivity index (χ2v) is 7.79. The monoisotopic (exact) mass is 352 g/mol. The van der Waals surface area contributed by atoms with Crippen molar-refractivity contribution in [1.29, 1.82) is 0 Å². The Balaban J connectivity index is 2.42. The summed E-state index contributed by atoms with van der Waals surface area (Å²) < 4.78 is 0. The number of carboxylic acids is 1. The second kappa shape index (κ2) is 10.7. The molecule has 0 amide bonds. The predicted molar refractivity (Wildman–Crippen MR) is 100 cm³/mol. The first kappa shape index (κ1) is 21.9. The van der Waals surface area contributed by atoms with Crippen LogP contribution in [-0.4, -0.2) is 27.6 Å². The third-order valence-electron chi connectivity index (χ3n) is 5.68. The summed E-state index contributed by atoms with van der Waals surface area (Å²) in [6, 6.07) is 0. The zero-order chi connectivity index (χ0) is 18.9. The van der Waals surface area contributed by atoms with Crippen LogP contribution in [0.5, 0.6) is 0 Å². The molecule has 4 heteroatoms.